The molecule has 3 heterocycles. The number of piperazine rings is 1. The Hall–Kier alpha value is -1.73. The van der Waals surface area contributed by atoms with Crippen molar-refractivity contribution in [2.45, 2.75) is 29.0 Å². The second-order valence-corrected chi connectivity index (χ2v) is 7.21. The van der Waals surface area contributed by atoms with E-state index in [4.69, 9.17) is 4.52 Å². The molecule has 6 nitrogen and oxygen atoms in total. The molecule has 0 amide bonds. The van der Waals surface area contributed by atoms with E-state index in [-0.39, 0.29) is 0 Å². The third kappa shape index (κ3) is 3.61. The average molecular weight is 331 g/mol. The van der Waals surface area contributed by atoms with Crippen molar-refractivity contribution in [3.05, 3.63) is 24.5 Å². The van der Waals surface area contributed by atoms with Gasteiger partial charge in [-0.1, -0.05) is 5.16 Å². The van der Waals surface area contributed by atoms with Gasteiger partial charge in [0.15, 0.2) is 5.09 Å². The Labute approximate surface area is 140 Å². The highest BCUT2D eigenvalue weighted by molar-refractivity contribution is 7.99. The maximum absolute atomic E-state index is 5.17. The van der Waals surface area contributed by atoms with Gasteiger partial charge >= 0.3 is 0 Å². The van der Waals surface area contributed by atoms with Crippen molar-refractivity contribution in [1.29, 1.82) is 0 Å². The smallest absolute Gasteiger partial charge is 0.199 e. The number of nitrogens with zero attached hydrogens (tertiary/aromatic N) is 4. The standard InChI is InChI=1S/C16H21N5OS/c1-20-6-8-21(9-7-20)14-11-17-15(23-16-4-5-18-22-16)10-13(14)19-12-2-3-12/h4-5,10-12H,2-3,6-9H2,1H3,(H,17,19). The lowest BCUT2D eigenvalue weighted by atomic mass is 10.2. The molecule has 1 N–H and O–H groups in total. The van der Waals surface area contributed by atoms with Crippen LogP contribution in [0.15, 0.2) is 39.2 Å². The Morgan fingerprint density at radius 1 is 1.26 bits per heavy atom. The van der Waals surface area contributed by atoms with Crippen LogP contribution < -0.4 is 10.2 Å². The maximum atomic E-state index is 5.17. The topological polar surface area (TPSA) is 57.4 Å². The molecule has 0 radical (unpaired) electrons. The maximum Gasteiger partial charge on any atom is 0.199 e. The second kappa shape index (κ2) is 6.41. The Morgan fingerprint density at radius 2 is 2.09 bits per heavy atom. The summed E-state index contributed by atoms with van der Waals surface area (Å²) in [6.45, 7) is 4.28. The molecule has 4 rings (SSSR count). The first-order valence-corrected chi connectivity index (χ1v) is 8.88. The van der Waals surface area contributed by atoms with Crippen LogP contribution in [-0.2, 0) is 0 Å². The minimum absolute atomic E-state index is 0.617. The molecule has 0 atom stereocenters. The number of nitrogens with one attached hydrogen (secondary N) is 1. The molecule has 1 saturated carbocycles. The number of aromatic nitrogens is 2. The van der Waals surface area contributed by atoms with Crippen LogP contribution in [0.25, 0.3) is 0 Å². The Kier molecular flexibility index (Phi) is 4.13. The number of likely N-dealkylation sites (N-methyl/N-ethyl adjacent to an activating group) is 1. The van der Waals surface area contributed by atoms with Crippen LogP contribution >= 0.6 is 11.8 Å². The van der Waals surface area contributed by atoms with E-state index in [2.05, 4.69) is 38.4 Å². The number of hydrogen-bond donors (Lipinski definition) is 1. The van der Waals surface area contributed by atoms with Gasteiger partial charge in [0.1, 0.15) is 5.03 Å². The zero-order valence-corrected chi connectivity index (χ0v) is 14.1. The molecule has 1 aliphatic heterocycles. The molecule has 7 heteroatoms. The molecule has 2 aromatic rings. The van der Waals surface area contributed by atoms with Crippen molar-refractivity contribution in [2.75, 3.05) is 43.4 Å². The quantitative estimate of drug-likeness (QED) is 0.903. The van der Waals surface area contributed by atoms with Crippen LogP contribution in [0, 0.1) is 0 Å². The van der Waals surface area contributed by atoms with Gasteiger partial charge in [-0.2, -0.15) is 0 Å². The zero-order chi connectivity index (χ0) is 15.6. The minimum Gasteiger partial charge on any atom is -0.381 e. The summed E-state index contributed by atoms with van der Waals surface area (Å²) in [6.07, 6.45) is 6.17. The van der Waals surface area contributed by atoms with Gasteiger partial charge in [-0.15, -0.1) is 0 Å². The van der Waals surface area contributed by atoms with Crippen molar-refractivity contribution >= 4 is 23.1 Å². The molecule has 122 valence electrons. The normalized spacial score (nSPS) is 19.1. The Balaban J connectivity index is 1.57. The molecule has 0 spiro atoms. The zero-order valence-electron chi connectivity index (χ0n) is 13.2. The summed E-state index contributed by atoms with van der Waals surface area (Å²) in [4.78, 5) is 9.41. The first-order chi connectivity index (χ1) is 11.3. The summed E-state index contributed by atoms with van der Waals surface area (Å²) in [7, 11) is 2.18. The summed E-state index contributed by atoms with van der Waals surface area (Å²) >= 11 is 1.50. The molecule has 0 bridgehead atoms. The average Bonchev–Trinajstić information content (AvgIpc) is 3.22. The van der Waals surface area contributed by atoms with Crippen molar-refractivity contribution in [2.24, 2.45) is 0 Å². The highest BCUT2D eigenvalue weighted by Crippen LogP contribution is 2.35. The molecule has 1 aliphatic carbocycles. The number of anilines is 2. The molecule has 2 aliphatic rings. The fourth-order valence-corrected chi connectivity index (χ4v) is 3.40. The first-order valence-electron chi connectivity index (χ1n) is 8.06. The van der Waals surface area contributed by atoms with E-state index in [1.54, 1.807) is 6.20 Å². The summed E-state index contributed by atoms with van der Waals surface area (Å²) in [5, 5.41) is 9.10. The van der Waals surface area contributed by atoms with Crippen LogP contribution in [0.4, 0.5) is 11.4 Å². The van der Waals surface area contributed by atoms with E-state index in [0.717, 1.165) is 36.3 Å². The highest BCUT2D eigenvalue weighted by atomic mass is 32.2. The summed E-state index contributed by atoms with van der Waals surface area (Å²) in [5.41, 5.74) is 2.40. The third-order valence-corrected chi connectivity index (χ3v) is 5.10. The predicted molar refractivity (Wildman–Crippen MR) is 91.2 cm³/mol. The molecule has 2 fully saturated rings. The van der Waals surface area contributed by atoms with E-state index in [0.29, 0.717) is 6.04 Å². The van der Waals surface area contributed by atoms with Crippen LogP contribution in [0.2, 0.25) is 0 Å². The SMILES string of the molecule is CN1CCN(c2cnc(Sc3ccno3)cc2NC2CC2)CC1. The van der Waals surface area contributed by atoms with Gasteiger partial charge in [0.2, 0.25) is 0 Å². The van der Waals surface area contributed by atoms with Gasteiger partial charge in [-0.3, -0.25) is 0 Å². The van der Waals surface area contributed by atoms with Crippen LogP contribution in [-0.4, -0.2) is 54.3 Å². The van der Waals surface area contributed by atoms with Gasteiger partial charge in [0.05, 0.1) is 23.8 Å². The van der Waals surface area contributed by atoms with Crippen LogP contribution in [0.5, 0.6) is 0 Å². The fraction of sp³-hybridized carbons (Fsp3) is 0.500. The summed E-state index contributed by atoms with van der Waals surface area (Å²) in [6, 6.07) is 4.61. The monoisotopic (exact) mass is 331 g/mol. The Bertz CT molecular complexity index is 650. The predicted octanol–water partition coefficient (Wildman–Crippen LogP) is 2.55. The van der Waals surface area contributed by atoms with Gasteiger partial charge < -0.3 is 19.6 Å². The third-order valence-electron chi connectivity index (χ3n) is 4.26. The molecule has 23 heavy (non-hydrogen) atoms. The Morgan fingerprint density at radius 3 is 2.78 bits per heavy atom. The lowest BCUT2D eigenvalue weighted by Gasteiger charge is -2.35. The lowest BCUT2D eigenvalue weighted by Crippen LogP contribution is -2.44. The van der Waals surface area contributed by atoms with Crippen LogP contribution in [0.3, 0.4) is 0 Å². The minimum atomic E-state index is 0.617. The summed E-state index contributed by atoms with van der Waals surface area (Å²) in [5.74, 6) is 0. The van der Waals surface area contributed by atoms with Crippen molar-refractivity contribution in [3.8, 4) is 0 Å². The molecule has 0 aromatic carbocycles. The van der Waals surface area contributed by atoms with Gasteiger partial charge in [-0.05, 0) is 37.7 Å². The number of rotatable bonds is 5. The highest BCUT2D eigenvalue weighted by Gasteiger charge is 2.24. The van der Waals surface area contributed by atoms with Crippen molar-refractivity contribution < 1.29 is 4.52 Å². The first kappa shape index (κ1) is 14.8. The second-order valence-electron chi connectivity index (χ2n) is 6.18. The van der Waals surface area contributed by atoms with Gasteiger partial charge in [-0.25, -0.2) is 4.98 Å². The van der Waals surface area contributed by atoms with E-state index in [1.165, 1.54) is 36.0 Å². The van der Waals surface area contributed by atoms with Crippen molar-refractivity contribution in [1.82, 2.24) is 15.0 Å². The molecule has 1 saturated heterocycles. The van der Waals surface area contributed by atoms with Crippen LogP contribution in [0.1, 0.15) is 12.8 Å². The largest absolute Gasteiger partial charge is 0.381 e. The van der Waals surface area contributed by atoms with E-state index in [1.807, 2.05) is 12.3 Å². The molecule has 0 unspecified atom stereocenters. The molecular formula is C16H21N5OS. The van der Waals surface area contributed by atoms with Gasteiger partial charge in [0.25, 0.3) is 0 Å². The lowest BCUT2D eigenvalue weighted by molar-refractivity contribution is 0.313. The number of pyridine rings is 1. The number of hydrogen-bond acceptors (Lipinski definition) is 7. The van der Waals surface area contributed by atoms with E-state index in [9.17, 15) is 0 Å². The van der Waals surface area contributed by atoms with E-state index < -0.39 is 0 Å². The molecule has 2 aromatic heterocycles. The molecular weight excluding hydrogens is 310 g/mol. The van der Waals surface area contributed by atoms with Gasteiger partial charge in [0, 0.05) is 38.3 Å². The van der Waals surface area contributed by atoms with Crippen molar-refractivity contribution in [3.63, 3.8) is 0 Å². The summed E-state index contributed by atoms with van der Waals surface area (Å²) < 4.78 is 5.17. The van der Waals surface area contributed by atoms with E-state index >= 15 is 0 Å². The fourth-order valence-electron chi connectivity index (χ4n) is 2.71.